The Morgan fingerprint density at radius 3 is 2.71 bits per heavy atom. The molecule has 0 spiro atoms. The van der Waals surface area contributed by atoms with Gasteiger partial charge in [-0.05, 0) is 37.0 Å². The molecular weight excluding hydrogens is 361 g/mol. The summed E-state index contributed by atoms with van der Waals surface area (Å²) in [5.74, 6) is -0.260. The van der Waals surface area contributed by atoms with Gasteiger partial charge in [-0.15, -0.1) is 0 Å². The van der Waals surface area contributed by atoms with Crippen molar-refractivity contribution in [1.29, 1.82) is 0 Å². The normalized spacial score (nSPS) is 21.5. The van der Waals surface area contributed by atoms with Crippen LogP contribution in [0.5, 0.6) is 0 Å². The van der Waals surface area contributed by atoms with E-state index >= 15 is 0 Å². The fraction of sp³-hybridized carbons (Fsp3) is 0.450. The van der Waals surface area contributed by atoms with Crippen LogP contribution in [0.2, 0.25) is 0 Å². The summed E-state index contributed by atoms with van der Waals surface area (Å²) in [6.45, 7) is 1.82. The second-order valence-corrected chi connectivity index (χ2v) is 7.78. The molecule has 3 amide bonds. The summed E-state index contributed by atoms with van der Waals surface area (Å²) >= 11 is 0. The predicted molar refractivity (Wildman–Crippen MR) is 102 cm³/mol. The van der Waals surface area contributed by atoms with Crippen LogP contribution in [-0.2, 0) is 0 Å². The van der Waals surface area contributed by atoms with E-state index in [1.165, 1.54) is 6.07 Å². The number of nitrogens with one attached hydrogen (secondary N) is 1. The van der Waals surface area contributed by atoms with Gasteiger partial charge in [0.05, 0.1) is 5.69 Å². The molecule has 7 nitrogen and oxygen atoms in total. The first-order chi connectivity index (χ1) is 13.4. The molecule has 4 heterocycles. The molecule has 3 aliphatic rings. The van der Waals surface area contributed by atoms with Crippen LogP contribution >= 0.6 is 0 Å². The van der Waals surface area contributed by atoms with Gasteiger partial charge in [0.1, 0.15) is 11.5 Å². The minimum absolute atomic E-state index is 0.0182. The molecule has 0 saturated carbocycles. The van der Waals surface area contributed by atoms with Gasteiger partial charge in [-0.1, -0.05) is 12.1 Å². The lowest BCUT2D eigenvalue weighted by Crippen LogP contribution is -2.48. The molecule has 148 valence electrons. The van der Waals surface area contributed by atoms with Gasteiger partial charge < -0.3 is 14.7 Å². The summed E-state index contributed by atoms with van der Waals surface area (Å²) in [5, 5.41) is 6.90. The Hall–Kier alpha value is -2.90. The summed E-state index contributed by atoms with van der Waals surface area (Å²) in [4.78, 5) is 30.8. The second-order valence-electron chi connectivity index (χ2n) is 7.78. The van der Waals surface area contributed by atoms with Gasteiger partial charge >= 0.3 is 6.03 Å². The Kier molecular flexibility index (Phi) is 4.78. The molecule has 2 aromatic rings. The second kappa shape index (κ2) is 7.26. The molecule has 2 atom stereocenters. The van der Waals surface area contributed by atoms with Crippen LogP contribution in [-0.4, -0.2) is 76.6 Å². The zero-order chi connectivity index (χ0) is 19.8. The molecule has 1 aromatic heterocycles. The minimum Gasteiger partial charge on any atom is -0.332 e. The van der Waals surface area contributed by atoms with E-state index in [-0.39, 0.29) is 29.7 Å². The molecule has 28 heavy (non-hydrogen) atoms. The third-order valence-corrected chi connectivity index (χ3v) is 5.59. The number of aromatic amines is 1. The predicted octanol–water partition coefficient (Wildman–Crippen LogP) is 2.43. The van der Waals surface area contributed by atoms with Gasteiger partial charge in [0.15, 0.2) is 0 Å². The molecule has 3 saturated heterocycles. The molecule has 0 aliphatic carbocycles. The Morgan fingerprint density at radius 1 is 1.18 bits per heavy atom. The number of urea groups is 1. The van der Waals surface area contributed by atoms with Crippen molar-refractivity contribution in [2.24, 2.45) is 5.92 Å². The summed E-state index contributed by atoms with van der Waals surface area (Å²) in [6, 6.07) is 7.92. The number of carbonyl (C=O) groups excluding carboxylic acids is 2. The highest BCUT2D eigenvalue weighted by Crippen LogP contribution is 2.30. The lowest BCUT2D eigenvalue weighted by atomic mass is 9.94. The van der Waals surface area contributed by atoms with Crippen LogP contribution in [0.4, 0.5) is 9.18 Å². The van der Waals surface area contributed by atoms with Crippen LogP contribution in [0.15, 0.2) is 30.3 Å². The number of aromatic nitrogens is 2. The molecule has 3 fully saturated rings. The molecule has 3 aliphatic heterocycles. The number of hydrogen-bond acceptors (Lipinski definition) is 3. The number of benzene rings is 1. The van der Waals surface area contributed by atoms with E-state index in [1.54, 1.807) is 43.3 Å². The molecule has 1 aromatic carbocycles. The smallest absolute Gasteiger partial charge is 0.319 e. The number of fused-ring (bicyclic) bond motifs is 4. The Morgan fingerprint density at radius 2 is 1.96 bits per heavy atom. The van der Waals surface area contributed by atoms with Gasteiger partial charge in [-0.25, -0.2) is 9.18 Å². The van der Waals surface area contributed by atoms with Crippen LogP contribution in [0, 0.1) is 11.7 Å². The van der Waals surface area contributed by atoms with Crippen molar-refractivity contribution in [2.45, 2.75) is 18.9 Å². The molecule has 5 rings (SSSR count). The fourth-order valence-electron chi connectivity index (χ4n) is 4.16. The molecule has 8 heteroatoms. The van der Waals surface area contributed by atoms with Crippen LogP contribution in [0.1, 0.15) is 23.3 Å². The lowest BCUT2D eigenvalue weighted by Gasteiger charge is -2.35. The number of amides is 3. The maximum Gasteiger partial charge on any atom is 0.319 e. The Labute approximate surface area is 163 Å². The average Bonchev–Trinajstić information content (AvgIpc) is 2.99. The van der Waals surface area contributed by atoms with E-state index in [0.29, 0.717) is 36.6 Å². The van der Waals surface area contributed by atoms with Crippen molar-refractivity contribution in [3.8, 4) is 11.3 Å². The van der Waals surface area contributed by atoms with Crippen molar-refractivity contribution >= 4 is 11.9 Å². The maximum absolute atomic E-state index is 14.0. The zero-order valence-corrected chi connectivity index (χ0v) is 16.1. The van der Waals surface area contributed by atoms with E-state index in [2.05, 4.69) is 10.2 Å². The van der Waals surface area contributed by atoms with E-state index in [1.807, 2.05) is 9.80 Å². The first-order valence-corrected chi connectivity index (χ1v) is 9.51. The van der Waals surface area contributed by atoms with Crippen molar-refractivity contribution in [3.05, 3.63) is 41.8 Å². The first kappa shape index (κ1) is 18.5. The van der Waals surface area contributed by atoms with E-state index < -0.39 is 0 Å². The summed E-state index contributed by atoms with van der Waals surface area (Å²) in [6.07, 6.45) is 1.89. The number of nitrogens with zero attached hydrogens (tertiary/aromatic N) is 4. The SMILES string of the molecule is CN(C)C(=O)N1C[C@H]2CC[C@@H](C1)N(C(=O)c1cc(-c3ccccc3F)n[nH]1)C2. The number of halogens is 1. The topological polar surface area (TPSA) is 72.5 Å². The van der Waals surface area contributed by atoms with E-state index in [4.69, 9.17) is 0 Å². The monoisotopic (exact) mass is 385 g/mol. The highest BCUT2D eigenvalue weighted by atomic mass is 19.1. The third kappa shape index (κ3) is 3.34. The van der Waals surface area contributed by atoms with Crippen LogP contribution in [0.3, 0.4) is 0 Å². The highest BCUT2D eigenvalue weighted by molar-refractivity contribution is 5.93. The van der Waals surface area contributed by atoms with Gasteiger partial charge in [0, 0.05) is 45.3 Å². The third-order valence-electron chi connectivity index (χ3n) is 5.59. The van der Waals surface area contributed by atoms with Crippen molar-refractivity contribution in [2.75, 3.05) is 33.7 Å². The molecule has 0 radical (unpaired) electrons. The van der Waals surface area contributed by atoms with Crippen LogP contribution < -0.4 is 0 Å². The molecule has 2 bridgehead atoms. The molecule has 0 unspecified atom stereocenters. The quantitative estimate of drug-likeness (QED) is 0.863. The Bertz CT molecular complexity index is 896. The minimum atomic E-state index is -0.375. The summed E-state index contributed by atoms with van der Waals surface area (Å²) in [7, 11) is 3.49. The number of carbonyl (C=O) groups is 2. The van der Waals surface area contributed by atoms with Gasteiger partial charge in [-0.3, -0.25) is 9.89 Å². The standard InChI is InChI=1S/C20H24FN5O2/c1-24(2)20(28)25-10-13-7-8-14(12-25)26(11-13)19(27)18-9-17(22-23-18)15-5-3-4-6-16(15)21/h3-6,9,13-14H,7-8,10-12H2,1-2H3,(H,22,23)/t13-,14+/m1/s1. The van der Waals surface area contributed by atoms with E-state index in [9.17, 15) is 14.0 Å². The fourth-order valence-corrected chi connectivity index (χ4v) is 4.16. The summed E-state index contributed by atoms with van der Waals surface area (Å²) in [5.41, 5.74) is 1.11. The van der Waals surface area contributed by atoms with Crippen LogP contribution in [0.25, 0.3) is 11.3 Å². The highest BCUT2D eigenvalue weighted by Gasteiger charge is 2.39. The zero-order valence-electron chi connectivity index (χ0n) is 16.1. The van der Waals surface area contributed by atoms with E-state index in [0.717, 1.165) is 12.8 Å². The van der Waals surface area contributed by atoms with Gasteiger partial charge in [0.25, 0.3) is 5.91 Å². The maximum atomic E-state index is 14.0. The lowest BCUT2D eigenvalue weighted by molar-refractivity contribution is 0.0579. The largest absolute Gasteiger partial charge is 0.332 e. The van der Waals surface area contributed by atoms with Crippen molar-refractivity contribution in [1.82, 2.24) is 24.9 Å². The Balaban J connectivity index is 1.54. The average molecular weight is 385 g/mol. The molecule has 1 N–H and O–H groups in total. The number of rotatable bonds is 2. The van der Waals surface area contributed by atoms with Gasteiger partial charge in [0.2, 0.25) is 0 Å². The number of H-pyrrole nitrogens is 1. The number of hydrogen-bond donors (Lipinski definition) is 1. The van der Waals surface area contributed by atoms with Crippen molar-refractivity contribution < 1.29 is 14.0 Å². The first-order valence-electron chi connectivity index (χ1n) is 9.51. The molecular formula is C20H24FN5O2. The van der Waals surface area contributed by atoms with Crippen molar-refractivity contribution in [3.63, 3.8) is 0 Å². The van der Waals surface area contributed by atoms with Gasteiger partial charge in [-0.2, -0.15) is 5.10 Å². The number of piperidine rings is 1. The summed E-state index contributed by atoms with van der Waals surface area (Å²) < 4.78 is 14.0.